The van der Waals surface area contributed by atoms with E-state index < -0.39 is 0 Å². The molecule has 2 aromatic rings. The maximum absolute atomic E-state index is 5.75. The number of hydrogen-bond acceptors (Lipinski definition) is 3. The Morgan fingerprint density at radius 2 is 1.89 bits per heavy atom. The van der Waals surface area contributed by atoms with Gasteiger partial charge in [-0.15, -0.1) is 11.8 Å². The molecule has 1 atom stereocenters. The van der Waals surface area contributed by atoms with Gasteiger partial charge in [-0.25, -0.2) is 5.43 Å². The molecule has 0 aromatic heterocycles. The Hall–Kier alpha value is -1.29. The topological polar surface area (TPSA) is 38.0 Å². The fourth-order valence-electron chi connectivity index (χ4n) is 2.12. The van der Waals surface area contributed by atoms with Crippen LogP contribution in [-0.4, -0.2) is 6.26 Å². The lowest BCUT2D eigenvalue weighted by molar-refractivity contribution is 0.627. The molecule has 2 aromatic carbocycles. The van der Waals surface area contributed by atoms with Crippen molar-refractivity contribution in [2.75, 3.05) is 6.26 Å². The first-order valence-corrected chi connectivity index (χ1v) is 7.14. The number of aryl methyl sites for hydroxylation is 1. The molecule has 18 heavy (non-hydrogen) atoms. The van der Waals surface area contributed by atoms with Crippen molar-refractivity contribution in [3.8, 4) is 0 Å². The molecule has 0 saturated carbocycles. The highest BCUT2D eigenvalue weighted by Crippen LogP contribution is 2.29. The molecule has 94 valence electrons. The molecule has 0 aliphatic heterocycles. The Labute approximate surface area is 113 Å². The third-order valence-electron chi connectivity index (χ3n) is 2.99. The summed E-state index contributed by atoms with van der Waals surface area (Å²) in [6.45, 7) is 2.09. The summed E-state index contributed by atoms with van der Waals surface area (Å²) >= 11 is 1.74. The maximum atomic E-state index is 5.75. The highest BCUT2D eigenvalue weighted by atomic mass is 32.2. The second-order valence-corrected chi connectivity index (χ2v) is 5.10. The molecule has 0 fully saturated rings. The van der Waals surface area contributed by atoms with Gasteiger partial charge in [-0.05, 0) is 30.4 Å². The minimum absolute atomic E-state index is 0.0357. The molecular weight excluding hydrogens is 240 g/mol. The van der Waals surface area contributed by atoms with E-state index in [4.69, 9.17) is 5.84 Å². The van der Waals surface area contributed by atoms with E-state index in [1.807, 2.05) is 0 Å². The van der Waals surface area contributed by atoms with Crippen LogP contribution >= 0.6 is 11.8 Å². The Morgan fingerprint density at radius 1 is 1.11 bits per heavy atom. The van der Waals surface area contributed by atoms with Crippen LogP contribution in [0.15, 0.2) is 53.4 Å². The van der Waals surface area contributed by atoms with Crippen LogP contribution in [0.5, 0.6) is 0 Å². The number of hydrazine groups is 1. The number of benzene rings is 2. The third-order valence-corrected chi connectivity index (χ3v) is 3.80. The second kappa shape index (κ2) is 6.05. The molecule has 0 bridgehead atoms. The van der Waals surface area contributed by atoms with Crippen molar-refractivity contribution in [2.45, 2.75) is 17.9 Å². The van der Waals surface area contributed by atoms with Crippen molar-refractivity contribution >= 4 is 11.8 Å². The summed E-state index contributed by atoms with van der Waals surface area (Å²) in [5, 5.41) is 0. The summed E-state index contributed by atoms with van der Waals surface area (Å²) in [5.41, 5.74) is 6.58. The predicted octanol–water partition coefficient (Wildman–Crippen LogP) is 3.27. The fourth-order valence-corrected chi connectivity index (χ4v) is 2.76. The summed E-state index contributed by atoms with van der Waals surface area (Å²) in [7, 11) is 0. The lowest BCUT2D eigenvalue weighted by Crippen LogP contribution is -2.29. The van der Waals surface area contributed by atoms with Crippen LogP contribution in [0, 0.1) is 6.92 Å². The Morgan fingerprint density at radius 3 is 2.56 bits per heavy atom. The van der Waals surface area contributed by atoms with Gasteiger partial charge >= 0.3 is 0 Å². The van der Waals surface area contributed by atoms with E-state index in [0.29, 0.717) is 0 Å². The molecule has 2 nitrogen and oxygen atoms in total. The average molecular weight is 258 g/mol. The molecule has 0 heterocycles. The smallest absolute Gasteiger partial charge is 0.0721 e. The number of nitrogens with two attached hydrogens (primary N) is 1. The number of thioether (sulfide) groups is 1. The highest BCUT2D eigenvalue weighted by Gasteiger charge is 2.15. The molecule has 3 N–H and O–H groups in total. The van der Waals surface area contributed by atoms with Crippen LogP contribution in [-0.2, 0) is 0 Å². The zero-order chi connectivity index (χ0) is 13.0. The molecule has 0 spiro atoms. The van der Waals surface area contributed by atoms with Gasteiger partial charge in [-0.3, -0.25) is 5.84 Å². The van der Waals surface area contributed by atoms with Crippen molar-refractivity contribution in [1.82, 2.24) is 5.43 Å². The number of hydrogen-bond donors (Lipinski definition) is 2. The Kier molecular flexibility index (Phi) is 4.42. The minimum atomic E-state index is 0.0357. The first-order valence-electron chi connectivity index (χ1n) is 5.92. The zero-order valence-electron chi connectivity index (χ0n) is 10.7. The highest BCUT2D eigenvalue weighted by molar-refractivity contribution is 7.98. The monoisotopic (exact) mass is 258 g/mol. The van der Waals surface area contributed by atoms with Gasteiger partial charge in [-0.2, -0.15) is 0 Å². The molecule has 0 radical (unpaired) electrons. The van der Waals surface area contributed by atoms with E-state index in [1.165, 1.54) is 21.6 Å². The van der Waals surface area contributed by atoms with Crippen LogP contribution in [0.25, 0.3) is 0 Å². The van der Waals surface area contributed by atoms with E-state index >= 15 is 0 Å². The van der Waals surface area contributed by atoms with Crippen LogP contribution < -0.4 is 11.3 Å². The molecule has 2 rings (SSSR count). The van der Waals surface area contributed by atoms with Gasteiger partial charge in [0, 0.05) is 4.90 Å². The lowest BCUT2D eigenvalue weighted by atomic mass is 9.98. The number of nitrogens with one attached hydrogen (secondary N) is 1. The van der Waals surface area contributed by atoms with Gasteiger partial charge in [0.25, 0.3) is 0 Å². The number of rotatable bonds is 4. The van der Waals surface area contributed by atoms with Crippen molar-refractivity contribution < 1.29 is 0 Å². The average Bonchev–Trinajstić information content (AvgIpc) is 2.40. The minimum Gasteiger partial charge on any atom is -0.271 e. The first-order chi connectivity index (χ1) is 8.76. The van der Waals surface area contributed by atoms with Gasteiger partial charge < -0.3 is 0 Å². The molecule has 0 aliphatic rings. The van der Waals surface area contributed by atoms with Gasteiger partial charge in [0.1, 0.15) is 0 Å². The van der Waals surface area contributed by atoms with Crippen molar-refractivity contribution in [1.29, 1.82) is 0 Å². The summed E-state index contributed by atoms with van der Waals surface area (Å²) in [4.78, 5) is 1.25. The van der Waals surface area contributed by atoms with Crippen molar-refractivity contribution in [3.63, 3.8) is 0 Å². The standard InChI is InChI=1S/C15H18N2S/c1-11-6-5-7-12(10-11)15(17-16)13-8-3-4-9-14(13)18-2/h3-10,15,17H,16H2,1-2H3. The molecule has 3 heteroatoms. The van der Waals surface area contributed by atoms with E-state index in [9.17, 15) is 0 Å². The van der Waals surface area contributed by atoms with Crippen LogP contribution in [0.4, 0.5) is 0 Å². The third kappa shape index (κ3) is 2.75. The van der Waals surface area contributed by atoms with Gasteiger partial charge in [0.05, 0.1) is 6.04 Å². The molecule has 0 aliphatic carbocycles. The van der Waals surface area contributed by atoms with E-state index in [1.54, 1.807) is 11.8 Å². The largest absolute Gasteiger partial charge is 0.271 e. The molecule has 0 amide bonds. The van der Waals surface area contributed by atoms with Crippen LogP contribution in [0.3, 0.4) is 0 Å². The van der Waals surface area contributed by atoms with Crippen LogP contribution in [0.2, 0.25) is 0 Å². The Balaban J connectivity index is 2.45. The summed E-state index contributed by atoms with van der Waals surface area (Å²) in [6, 6.07) is 16.8. The second-order valence-electron chi connectivity index (χ2n) is 4.26. The molecular formula is C15H18N2S. The first kappa shape index (κ1) is 13.1. The summed E-state index contributed by atoms with van der Waals surface area (Å²) in [5.74, 6) is 5.75. The van der Waals surface area contributed by atoms with E-state index in [-0.39, 0.29) is 6.04 Å². The van der Waals surface area contributed by atoms with Crippen molar-refractivity contribution in [3.05, 3.63) is 65.2 Å². The Bertz CT molecular complexity index is 525. The SMILES string of the molecule is CSc1ccccc1C(NN)c1cccc(C)c1. The normalized spacial score (nSPS) is 12.4. The zero-order valence-corrected chi connectivity index (χ0v) is 11.5. The van der Waals surface area contributed by atoms with E-state index in [2.05, 4.69) is 67.1 Å². The van der Waals surface area contributed by atoms with Gasteiger partial charge in [0.2, 0.25) is 0 Å². The lowest BCUT2D eigenvalue weighted by Gasteiger charge is -2.19. The summed E-state index contributed by atoms with van der Waals surface area (Å²) in [6.07, 6.45) is 2.09. The summed E-state index contributed by atoms with van der Waals surface area (Å²) < 4.78 is 0. The van der Waals surface area contributed by atoms with E-state index in [0.717, 1.165) is 0 Å². The molecule has 1 unspecified atom stereocenters. The van der Waals surface area contributed by atoms with Crippen LogP contribution in [0.1, 0.15) is 22.7 Å². The van der Waals surface area contributed by atoms with Crippen molar-refractivity contribution in [2.24, 2.45) is 5.84 Å². The quantitative estimate of drug-likeness (QED) is 0.502. The molecule has 0 saturated heterocycles. The fraction of sp³-hybridized carbons (Fsp3) is 0.200. The predicted molar refractivity (Wildman–Crippen MR) is 78.6 cm³/mol. The maximum Gasteiger partial charge on any atom is 0.0721 e. The van der Waals surface area contributed by atoms with Gasteiger partial charge in [0.15, 0.2) is 0 Å². The van der Waals surface area contributed by atoms with Gasteiger partial charge in [-0.1, -0.05) is 48.0 Å².